The Labute approximate surface area is 83.3 Å². The van der Waals surface area contributed by atoms with Crippen molar-refractivity contribution >= 4 is 27.5 Å². The normalized spacial score (nSPS) is 13.0. The molecule has 0 amide bonds. The average molecular weight is 253 g/mol. The molecule has 0 saturated carbocycles. The summed E-state index contributed by atoms with van der Waals surface area (Å²) in [7, 11) is 0. The number of hydrogen-bond acceptors (Lipinski definition) is 1. The average Bonchev–Trinajstić information content (AvgIpc) is 2.03. The van der Waals surface area contributed by atoms with Gasteiger partial charge in [0.05, 0.1) is 12.0 Å². The molecule has 0 aliphatic rings. The van der Waals surface area contributed by atoms with Gasteiger partial charge in [-0.3, -0.25) is 0 Å². The van der Waals surface area contributed by atoms with Gasteiger partial charge in [0, 0.05) is 10.0 Å². The summed E-state index contributed by atoms with van der Waals surface area (Å²) in [6.07, 6.45) is -0.956. The highest BCUT2D eigenvalue weighted by Crippen LogP contribution is 2.26. The van der Waals surface area contributed by atoms with Gasteiger partial charge in [-0.25, -0.2) is 4.39 Å². The highest BCUT2D eigenvalue weighted by atomic mass is 79.9. The van der Waals surface area contributed by atoms with Crippen molar-refractivity contribution in [3.63, 3.8) is 0 Å². The van der Waals surface area contributed by atoms with E-state index < -0.39 is 11.9 Å². The number of halogens is 3. The smallest absolute Gasteiger partial charge is 0.130 e. The fourth-order valence-corrected chi connectivity index (χ4v) is 1.67. The van der Waals surface area contributed by atoms with Gasteiger partial charge in [-0.2, -0.15) is 0 Å². The molecule has 1 aromatic rings. The molecule has 0 heterocycles. The van der Waals surface area contributed by atoms with Crippen molar-refractivity contribution in [1.82, 2.24) is 0 Å². The Morgan fingerprint density at radius 3 is 2.75 bits per heavy atom. The van der Waals surface area contributed by atoms with Crippen molar-refractivity contribution in [2.75, 3.05) is 5.88 Å². The van der Waals surface area contributed by atoms with Crippen LogP contribution in [0.25, 0.3) is 0 Å². The predicted octanol–water partition coefficient (Wildman–Crippen LogP) is 2.86. The van der Waals surface area contributed by atoms with Crippen molar-refractivity contribution in [2.24, 2.45) is 0 Å². The standard InChI is InChI=1S/C8H7BrClFO/c9-5-2-1-3-6(11)8(5)7(12)4-10/h1-3,7,12H,4H2. The molecule has 0 bridgehead atoms. The molecule has 0 spiro atoms. The van der Waals surface area contributed by atoms with Crippen molar-refractivity contribution in [3.8, 4) is 0 Å². The Morgan fingerprint density at radius 1 is 1.58 bits per heavy atom. The van der Waals surface area contributed by atoms with E-state index in [0.717, 1.165) is 0 Å². The molecule has 1 N–H and O–H groups in total. The van der Waals surface area contributed by atoms with Gasteiger partial charge >= 0.3 is 0 Å². The lowest BCUT2D eigenvalue weighted by Gasteiger charge is -2.09. The summed E-state index contributed by atoms with van der Waals surface area (Å²) in [5.74, 6) is -0.461. The second-order valence-corrected chi connectivity index (χ2v) is 3.47. The Bertz CT molecular complexity index is 260. The van der Waals surface area contributed by atoms with Gasteiger partial charge in [0.25, 0.3) is 0 Å². The summed E-state index contributed by atoms with van der Waals surface area (Å²) >= 11 is 8.52. The number of hydrogen-bond donors (Lipinski definition) is 1. The van der Waals surface area contributed by atoms with E-state index in [1.165, 1.54) is 6.07 Å². The highest BCUT2D eigenvalue weighted by Gasteiger charge is 2.14. The fourth-order valence-electron chi connectivity index (χ4n) is 0.906. The van der Waals surface area contributed by atoms with Gasteiger partial charge < -0.3 is 5.11 Å². The minimum absolute atomic E-state index is 0.0144. The van der Waals surface area contributed by atoms with Crippen molar-refractivity contribution < 1.29 is 9.50 Å². The molecular weight excluding hydrogens is 246 g/mol. The van der Waals surface area contributed by atoms with Crippen LogP contribution in [-0.2, 0) is 0 Å². The monoisotopic (exact) mass is 252 g/mol. The molecule has 0 aromatic heterocycles. The van der Waals surface area contributed by atoms with Crippen LogP contribution in [0.2, 0.25) is 0 Å². The lowest BCUT2D eigenvalue weighted by atomic mass is 10.1. The number of rotatable bonds is 2. The maximum atomic E-state index is 13.0. The second-order valence-electron chi connectivity index (χ2n) is 2.31. The lowest BCUT2D eigenvalue weighted by Crippen LogP contribution is -2.02. The van der Waals surface area contributed by atoms with E-state index in [-0.39, 0.29) is 11.4 Å². The topological polar surface area (TPSA) is 20.2 Å². The predicted molar refractivity (Wildman–Crippen MR) is 49.8 cm³/mol. The van der Waals surface area contributed by atoms with Crippen LogP contribution in [0, 0.1) is 5.82 Å². The molecule has 1 nitrogen and oxygen atoms in total. The summed E-state index contributed by atoms with van der Waals surface area (Å²) in [4.78, 5) is 0. The molecule has 1 atom stereocenters. The SMILES string of the molecule is OC(CCl)c1c(F)cccc1Br. The number of benzene rings is 1. The molecule has 1 unspecified atom stereocenters. The van der Waals surface area contributed by atoms with Gasteiger partial charge in [-0.05, 0) is 12.1 Å². The van der Waals surface area contributed by atoms with E-state index in [9.17, 15) is 9.50 Å². The first-order valence-corrected chi connectivity index (χ1v) is 4.67. The molecule has 12 heavy (non-hydrogen) atoms. The van der Waals surface area contributed by atoms with E-state index in [1.807, 2.05) is 0 Å². The van der Waals surface area contributed by atoms with Crippen molar-refractivity contribution in [1.29, 1.82) is 0 Å². The molecule has 0 aliphatic heterocycles. The Kier molecular flexibility index (Phi) is 3.50. The molecule has 0 aliphatic carbocycles. The fraction of sp³-hybridized carbons (Fsp3) is 0.250. The summed E-state index contributed by atoms with van der Waals surface area (Å²) in [5, 5.41) is 9.29. The van der Waals surface area contributed by atoms with E-state index in [1.54, 1.807) is 12.1 Å². The minimum atomic E-state index is -0.956. The summed E-state index contributed by atoms with van der Waals surface area (Å²) in [6, 6.07) is 4.51. The van der Waals surface area contributed by atoms with Gasteiger partial charge in [0.1, 0.15) is 5.82 Å². The van der Waals surface area contributed by atoms with Gasteiger partial charge in [-0.1, -0.05) is 22.0 Å². The van der Waals surface area contributed by atoms with Crippen LogP contribution < -0.4 is 0 Å². The zero-order valence-corrected chi connectivity index (χ0v) is 8.44. The van der Waals surface area contributed by atoms with Crippen molar-refractivity contribution in [3.05, 3.63) is 34.1 Å². The third-order valence-electron chi connectivity index (χ3n) is 1.48. The molecular formula is C8H7BrClFO. The number of aliphatic hydroxyl groups excluding tert-OH is 1. The third kappa shape index (κ3) is 1.97. The highest BCUT2D eigenvalue weighted by molar-refractivity contribution is 9.10. The van der Waals surface area contributed by atoms with E-state index in [4.69, 9.17) is 11.6 Å². The Balaban J connectivity index is 3.12. The van der Waals surface area contributed by atoms with Crippen LogP contribution >= 0.6 is 27.5 Å². The zero-order chi connectivity index (χ0) is 9.14. The quantitative estimate of drug-likeness (QED) is 0.804. The molecule has 1 rings (SSSR count). The first-order valence-electron chi connectivity index (χ1n) is 3.34. The summed E-state index contributed by atoms with van der Waals surface area (Å²) in [5.41, 5.74) is 0.215. The first-order chi connectivity index (χ1) is 5.66. The van der Waals surface area contributed by atoms with Gasteiger partial charge in [0.15, 0.2) is 0 Å². The number of aliphatic hydroxyl groups is 1. The molecule has 66 valence electrons. The summed E-state index contributed by atoms with van der Waals surface area (Å²) in [6.45, 7) is 0. The van der Waals surface area contributed by atoms with Crippen LogP contribution in [0.3, 0.4) is 0 Å². The van der Waals surface area contributed by atoms with E-state index in [2.05, 4.69) is 15.9 Å². The maximum Gasteiger partial charge on any atom is 0.130 e. The van der Waals surface area contributed by atoms with Gasteiger partial charge in [0.2, 0.25) is 0 Å². The Morgan fingerprint density at radius 2 is 2.25 bits per heavy atom. The maximum absolute atomic E-state index is 13.0. The lowest BCUT2D eigenvalue weighted by molar-refractivity contribution is 0.196. The molecule has 1 aromatic carbocycles. The molecule has 0 saturated heterocycles. The minimum Gasteiger partial charge on any atom is -0.387 e. The van der Waals surface area contributed by atoms with Crippen molar-refractivity contribution in [2.45, 2.75) is 6.10 Å². The third-order valence-corrected chi connectivity index (χ3v) is 2.46. The van der Waals surface area contributed by atoms with E-state index in [0.29, 0.717) is 4.47 Å². The van der Waals surface area contributed by atoms with Crippen LogP contribution in [0.1, 0.15) is 11.7 Å². The summed E-state index contributed by atoms with van der Waals surface area (Å²) < 4.78 is 13.6. The number of alkyl halides is 1. The Hall–Kier alpha value is -0.120. The zero-order valence-electron chi connectivity index (χ0n) is 6.10. The molecule has 0 fully saturated rings. The molecule has 4 heteroatoms. The largest absolute Gasteiger partial charge is 0.387 e. The second kappa shape index (κ2) is 4.21. The first kappa shape index (κ1) is 9.96. The molecule has 0 radical (unpaired) electrons. The van der Waals surface area contributed by atoms with Crippen LogP contribution in [0.15, 0.2) is 22.7 Å². The van der Waals surface area contributed by atoms with Gasteiger partial charge in [-0.15, -0.1) is 11.6 Å². The van der Waals surface area contributed by atoms with Crippen LogP contribution in [0.4, 0.5) is 4.39 Å². The van der Waals surface area contributed by atoms with Crippen LogP contribution in [-0.4, -0.2) is 11.0 Å². The van der Waals surface area contributed by atoms with E-state index >= 15 is 0 Å². The van der Waals surface area contributed by atoms with Crippen LogP contribution in [0.5, 0.6) is 0 Å².